The van der Waals surface area contributed by atoms with Gasteiger partial charge < -0.3 is 15.0 Å². The van der Waals surface area contributed by atoms with Gasteiger partial charge in [0.25, 0.3) is 0 Å². The highest BCUT2D eigenvalue weighted by molar-refractivity contribution is 6.30. The third-order valence-corrected chi connectivity index (χ3v) is 6.20. The highest BCUT2D eigenvalue weighted by Crippen LogP contribution is 2.49. The molecule has 0 bridgehead atoms. The van der Waals surface area contributed by atoms with Gasteiger partial charge in [-0.05, 0) is 56.9 Å². The number of ether oxygens (including phenoxy) is 1. The van der Waals surface area contributed by atoms with E-state index in [4.69, 9.17) is 16.3 Å². The lowest BCUT2D eigenvalue weighted by Gasteiger charge is -2.23. The summed E-state index contributed by atoms with van der Waals surface area (Å²) in [5, 5.41) is 4.01. The third kappa shape index (κ3) is 3.58. The van der Waals surface area contributed by atoms with Crippen LogP contribution in [-0.2, 0) is 10.2 Å². The number of nitrogens with zero attached hydrogens (tertiary/aromatic N) is 1. The van der Waals surface area contributed by atoms with Crippen molar-refractivity contribution in [3.8, 4) is 5.75 Å². The average Bonchev–Trinajstić information content (AvgIpc) is 3.35. The maximum absolute atomic E-state index is 13.2. The number of carbonyl (C=O) groups excluding carboxylic acids is 1. The van der Waals surface area contributed by atoms with Crippen molar-refractivity contribution < 1.29 is 9.53 Å². The van der Waals surface area contributed by atoms with Crippen molar-refractivity contribution >= 4 is 23.2 Å². The highest BCUT2D eigenvalue weighted by Gasteiger charge is 2.52. The quantitative estimate of drug-likeness (QED) is 0.812. The summed E-state index contributed by atoms with van der Waals surface area (Å²) in [6.45, 7) is 5.83. The molecule has 0 radical (unpaired) electrons. The molecule has 1 amide bonds. The zero-order valence-corrected chi connectivity index (χ0v) is 17.5. The molecular weight excluding hydrogens is 372 g/mol. The molecule has 0 spiro atoms. The van der Waals surface area contributed by atoms with E-state index in [9.17, 15) is 4.79 Å². The van der Waals surface area contributed by atoms with Gasteiger partial charge in [0.2, 0.25) is 5.91 Å². The van der Waals surface area contributed by atoms with E-state index >= 15 is 0 Å². The predicted molar refractivity (Wildman–Crippen MR) is 114 cm³/mol. The molecule has 1 heterocycles. The first kappa shape index (κ1) is 19.1. The number of anilines is 1. The molecule has 2 aliphatic rings. The van der Waals surface area contributed by atoms with Crippen LogP contribution in [0.15, 0.2) is 36.4 Å². The monoisotopic (exact) mass is 398 g/mol. The van der Waals surface area contributed by atoms with Crippen molar-refractivity contribution in [1.29, 1.82) is 0 Å². The molecule has 148 valence electrons. The van der Waals surface area contributed by atoms with Crippen molar-refractivity contribution in [2.45, 2.75) is 44.6 Å². The van der Waals surface area contributed by atoms with Gasteiger partial charge in [0.15, 0.2) is 0 Å². The molecule has 1 unspecified atom stereocenters. The fraction of sp³-hybridized carbons (Fsp3) is 0.435. The van der Waals surface area contributed by atoms with E-state index in [1.807, 2.05) is 18.2 Å². The first-order chi connectivity index (χ1) is 13.4. The number of nitrogens with one attached hydrogen (secondary N) is 1. The normalized spacial score (nSPS) is 20.1. The standard InChI is InChI=1S/C23H27ClN2O2/c1-15-10-16(2)12-17(11-15)23(7-8-23)22(27)25-19-6-9-26(14-19)20-13-18(24)4-5-21(20)28-3/h4-5,10-13,19H,6-9,14H2,1-3H3,(H,25,27). The van der Waals surface area contributed by atoms with Crippen molar-refractivity contribution in [3.63, 3.8) is 0 Å². The Kier molecular flexibility index (Phi) is 5.00. The van der Waals surface area contributed by atoms with Crippen molar-refractivity contribution in [3.05, 3.63) is 58.1 Å². The van der Waals surface area contributed by atoms with Crippen molar-refractivity contribution in [2.24, 2.45) is 0 Å². The molecule has 1 saturated carbocycles. The molecule has 0 aromatic heterocycles. The van der Waals surface area contributed by atoms with Gasteiger partial charge in [-0.2, -0.15) is 0 Å². The largest absolute Gasteiger partial charge is 0.495 e. The topological polar surface area (TPSA) is 41.6 Å². The van der Waals surface area contributed by atoms with Gasteiger partial charge in [0.1, 0.15) is 5.75 Å². The molecule has 5 heteroatoms. The SMILES string of the molecule is COc1ccc(Cl)cc1N1CCC(NC(=O)C2(c3cc(C)cc(C)c3)CC2)C1. The summed E-state index contributed by atoms with van der Waals surface area (Å²) in [5.41, 5.74) is 4.25. The molecule has 1 aliphatic carbocycles. The van der Waals surface area contributed by atoms with Gasteiger partial charge in [-0.15, -0.1) is 0 Å². The van der Waals surface area contributed by atoms with E-state index in [0.29, 0.717) is 5.02 Å². The van der Waals surface area contributed by atoms with Crippen LogP contribution in [0.25, 0.3) is 0 Å². The van der Waals surface area contributed by atoms with Crippen LogP contribution < -0.4 is 15.0 Å². The smallest absolute Gasteiger partial charge is 0.230 e. The van der Waals surface area contributed by atoms with Gasteiger partial charge in [-0.25, -0.2) is 0 Å². The van der Waals surface area contributed by atoms with Gasteiger partial charge >= 0.3 is 0 Å². The number of hydrogen-bond donors (Lipinski definition) is 1. The second-order valence-electron chi connectivity index (χ2n) is 8.18. The third-order valence-electron chi connectivity index (χ3n) is 5.96. The summed E-state index contributed by atoms with van der Waals surface area (Å²) in [6, 6.07) is 12.3. The number of carbonyl (C=O) groups is 1. The van der Waals surface area contributed by atoms with Crippen LogP contribution in [0.4, 0.5) is 5.69 Å². The lowest BCUT2D eigenvalue weighted by atomic mass is 9.91. The maximum Gasteiger partial charge on any atom is 0.230 e. The molecule has 1 aliphatic heterocycles. The second-order valence-corrected chi connectivity index (χ2v) is 8.62. The van der Waals surface area contributed by atoms with E-state index in [1.54, 1.807) is 7.11 Å². The Hall–Kier alpha value is -2.20. The summed E-state index contributed by atoms with van der Waals surface area (Å²) in [7, 11) is 1.67. The van der Waals surface area contributed by atoms with Gasteiger partial charge in [0.05, 0.1) is 18.2 Å². The number of aryl methyl sites for hydroxylation is 2. The van der Waals surface area contributed by atoms with Crippen LogP contribution in [-0.4, -0.2) is 32.1 Å². The minimum atomic E-state index is -0.335. The lowest BCUT2D eigenvalue weighted by Crippen LogP contribution is -2.43. The number of rotatable bonds is 5. The number of methoxy groups -OCH3 is 1. The maximum atomic E-state index is 13.2. The van der Waals surface area contributed by atoms with E-state index < -0.39 is 0 Å². The molecule has 28 heavy (non-hydrogen) atoms. The van der Waals surface area contributed by atoms with Gasteiger partial charge in [-0.3, -0.25) is 4.79 Å². The molecule has 4 nitrogen and oxygen atoms in total. The summed E-state index contributed by atoms with van der Waals surface area (Å²) >= 11 is 6.18. The molecule has 1 saturated heterocycles. The highest BCUT2D eigenvalue weighted by atomic mass is 35.5. The van der Waals surface area contributed by atoms with E-state index in [2.05, 4.69) is 42.3 Å². The van der Waals surface area contributed by atoms with Gasteiger partial charge in [0, 0.05) is 24.2 Å². The molecule has 2 aromatic carbocycles. The van der Waals surface area contributed by atoms with E-state index in [1.165, 1.54) is 11.1 Å². The Morgan fingerprint density at radius 3 is 2.54 bits per heavy atom. The summed E-state index contributed by atoms with van der Waals surface area (Å²) in [6.07, 6.45) is 2.78. The number of amides is 1. The van der Waals surface area contributed by atoms with Crippen LogP contribution in [0.1, 0.15) is 36.0 Å². The predicted octanol–water partition coefficient (Wildman–Crippen LogP) is 4.39. The second kappa shape index (κ2) is 7.32. The Labute approximate surface area is 171 Å². The lowest BCUT2D eigenvalue weighted by molar-refractivity contribution is -0.124. The fourth-order valence-corrected chi connectivity index (χ4v) is 4.52. The van der Waals surface area contributed by atoms with Crippen LogP contribution >= 0.6 is 11.6 Å². The summed E-state index contributed by atoms with van der Waals surface area (Å²) in [4.78, 5) is 15.4. The van der Waals surface area contributed by atoms with Crippen LogP contribution in [0, 0.1) is 13.8 Å². The Balaban J connectivity index is 1.46. The zero-order valence-electron chi connectivity index (χ0n) is 16.7. The Morgan fingerprint density at radius 1 is 1.18 bits per heavy atom. The number of benzene rings is 2. The Morgan fingerprint density at radius 2 is 1.89 bits per heavy atom. The van der Waals surface area contributed by atoms with Crippen molar-refractivity contribution in [2.75, 3.05) is 25.1 Å². The van der Waals surface area contributed by atoms with Crippen LogP contribution in [0.2, 0.25) is 5.02 Å². The van der Waals surface area contributed by atoms with Crippen LogP contribution in [0.5, 0.6) is 5.75 Å². The molecule has 2 aromatic rings. The average molecular weight is 399 g/mol. The number of halogens is 1. The first-order valence-corrected chi connectivity index (χ1v) is 10.3. The molecule has 2 fully saturated rings. The minimum absolute atomic E-state index is 0.138. The van der Waals surface area contributed by atoms with E-state index in [-0.39, 0.29) is 17.4 Å². The summed E-state index contributed by atoms with van der Waals surface area (Å²) in [5.74, 6) is 0.979. The number of hydrogen-bond acceptors (Lipinski definition) is 3. The molecule has 4 rings (SSSR count). The molecule has 1 N–H and O–H groups in total. The van der Waals surface area contributed by atoms with E-state index in [0.717, 1.165) is 49.4 Å². The zero-order chi connectivity index (χ0) is 19.9. The van der Waals surface area contributed by atoms with Gasteiger partial charge in [-0.1, -0.05) is 40.9 Å². The molecular formula is C23H27ClN2O2. The fourth-order valence-electron chi connectivity index (χ4n) is 4.35. The Bertz CT molecular complexity index is 887. The minimum Gasteiger partial charge on any atom is -0.495 e. The van der Waals surface area contributed by atoms with Crippen LogP contribution in [0.3, 0.4) is 0 Å². The van der Waals surface area contributed by atoms with Crippen molar-refractivity contribution in [1.82, 2.24) is 5.32 Å². The molecule has 1 atom stereocenters. The summed E-state index contributed by atoms with van der Waals surface area (Å²) < 4.78 is 5.49. The first-order valence-electron chi connectivity index (χ1n) is 9.89.